The molecule has 1 saturated heterocycles. The summed E-state index contributed by atoms with van der Waals surface area (Å²) in [7, 11) is -4.28. The third-order valence-corrected chi connectivity index (χ3v) is 9.37. The van der Waals surface area contributed by atoms with Crippen molar-refractivity contribution in [3.8, 4) is 0 Å². The zero-order valence-electron chi connectivity index (χ0n) is 20.7. The highest BCUT2D eigenvalue weighted by Crippen LogP contribution is 2.29. The molecule has 4 rings (SSSR count). The molecule has 0 aliphatic carbocycles. The van der Waals surface area contributed by atoms with Gasteiger partial charge in [-0.15, -0.1) is 11.3 Å². The Kier molecular flexibility index (Phi) is 8.42. The third-order valence-electron chi connectivity index (χ3n) is 6.15. The van der Waals surface area contributed by atoms with Crippen LogP contribution in [0.3, 0.4) is 0 Å². The number of nitrogens with one attached hydrogen (secondary N) is 1. The molecule has 2 atom stereocenters. The van der Waals surface area contributed by atoms with Crippen molar-refractivity contribution in [2.75, 3.05) is 13.1 Å². The van der Waals surface area contributed by atoms with Crippen LogP contribution >= 0.6 is 11.3 Å². The first-order valence-corrected chi connectivity index (χ1v) is 14.2. The number of carboxylic acid groups (broad SMARTS) is 1. The molecule has 1 aliphatic heterocycles. The molecule has 0 saturated carbocycles. The van der Waals surface area contributed by atoms with E-state index in [1.165, 1.54) is 12.1 Å². The molecule has 1 aromatic heterocycles. The molecule has 13 heteroatoms. The van der Waals surface area contributed by atoms with E-state index in [2.05, 4.69) is 5.32 Å². The lowest BCUT2D eigenvalue weighted by atomic mass is 10.0. The maximum absolute atomic E-state index is 13.9. The maximum Gasteiger partial charge on any atom is 0.305 e. The molecule has 0 bridgehead atoms. The van der Waals surface area contributed by atoms with E-state index in [9.17, 15) is 36.7 Å². The van der Waals surface area contributed by atoms with Crippen molar-refractivity contribution in [3.63, 3.8) is 0 Å². The van der Waals surface area contributed by atoms with Crippen LogP contribution in [0.15, 0.2) is 64.2 Å². The molecule has 2 unspecified atom stereocenters. The highest BCUT2D eigenvalue weighted by atomic mass is 32.2. The average Bonchev–Trinajstić information content (AvgIpc) is 3.43. The smallest absolute Gasteiger partial charge is 0.305 e. The number of benzene rings is 2. The molecule has 2 aromatic carbocycles. The molecule has 206 valence electrons. The van der Waals surface area contributed by atoms with Crippen molar-refractivity contribution in [2.24, 2.45) is 0 Å². The van der Waals surface area contributed by atoms with Gasteiger partial charge >= 0.3 is 5.97 Å². The van der Waals surface area contributed by atoms with Crippen molar-refractivity contribution in [1.82, 2.24) is 14.5 Å². The molecule has 9 nitrogen and oxygen atoms in total. The van der Waals surface area contributed by atoms with Crippen LogP contribution in [0.5, 0.6) is 0 Å². The molecule has 39 heavy (non-hydrogen) atoms. The second kappa shape index (κ2) is 11.6. The van der Waals surface area contributed by atoms with Crippen LogP contribution in [0.25, 0.3) is 0 Å². The molecule has 1 aliphatic rings. The Hall–Kier alpha value is -3.68. The molecule has 0 radical (unpaired) electrons. The zero-order valence-corrected chi connectivity index (χ0v) is 22.3. The number of sulfonamides is 1. The number of hydrogen-bond acceptors (Lipinski definition) is 6. The van der Waals surface area contributed by atoms with E-state index in [1.54, 1.807) is 36.6 Å². The fraction of sp³-hybridized carbons (Fsp3) is 0.269. The van der Waals surface area contributed by atoms with Crippen LogP contribution in [-0.2, 0) is 19.6 Å². The Morgan fingerprint density at radius 1 is 1.08 bits per heavy atom. The predicted octanol–water partition coefficient (Wildman–Crippen LogP) is 3.53. The van der Waals surface area contributed by atoms with E-state index in [0.717, 1.165) is 38.2 Å². The average molecular weight is 578 g/mol. The van der Waals surface area contributed by atoms with E-state index in [-0.39, 0.29) is 23.7 Å². The van der Waals surface area contributed by atoms with Gasteiger partial charge in [-0.2, -0.15) is 4.31 Å². The lowest BCUT2D eigenvalue weighted by Gasteiger charge is -2.42. The van der Waals surface area contributed by atoms with Gasteiger partial charge in [0.1, 0.15) is 15.8 Å². The number of thiophene rings is 1. The Morgan fingerprint density at radius 2 is 1.79 bits per heavy atom. The second-order valence-corrected chi connectivity index (χ2v) is 12.1. The lowest BCUT2D eigenvalue weighted by Crippen LogP contribution is -2.63. The number of hydrogen-bond donors (Lipinski definition) is 2. The summed E-state index contributed by atoms with van der Waals surface area (Å²) in [5.74, 6) is -5.14. The van der Waals surface area contributed by atoms with E-state index < -0.39 is 63.6 Å². The SMILES string of the molecule is Cc1cccc(C(CC(=O)O)NC(=O)C2N(C(=O)c3cc(F)cc(F)c3)CCCN2S(=O)(=O)c2cccs2)c1. The first-order valence-electron chi connectivity index (χ1n) is 11.9. The number of aliphatic carboxylic acids is 1. The van der Waals surface area contributed by atoms with Gasteiger partial charge in [0.2, 0.25) is 0 Å². The van der Waals surface area contributed by atoms with Crippen molar-refractivity contribution >= 4 is 39.1 Å². The largest absolute Gasteiger partial charge is 0.481 e. The van der Waals surface area contributed by atoms with Gasteiger partial charge in [-0.05, 0) is 42.5 Å². The number of carbonyl (C=O) groups is 3. The Bertz CT molecular complexity index is 1480. The number of amides is 2. The highest BCUT2D eigenvalue weighted by Gasteiger charge is 2.45. The van der Waals surface area contributed by atoms with Gasteiger partial charge in [0.05, 0.1) is 12.5 Å². The first kappa shape index (κ1) is 28.3. The monoisotopic (exact) mass is 577 g/mol. The van der Waals surface area contributed by atoms with E-state index in [1.807, 2.05) is 0 Å². The van der Waals surface area contributed by atoms with Crippen LogP contribution in [0.4, 0.5) is 8.78 Å². The quantitative estimate of drug-likeness (QED) is 0.422. The van der Waals surface area contributed by atoms with E-state index >= 15 is 0 Å². The summed E-state index contributed by atoms with van der Waals surface area (Å²) in [6.07, 6.45) is -2.11. The van der Waals surface area contributed by atoms with Gasteiger partial charge < -0.3 is 15.3 Å². The van der Waals surface area contributed by atoms with Gasteiger partial charge in [-0.1, -0.05) is 35.9 Å². The summed E-state index contributed by atoms with van der Waals surface area (Å²) in [5.41, 5.74) is 0.877. The first-order chi connectivity index (χ1) is 18.5. The molecule has 1 fully saturated rings. The van der Waals surface area contributed by atoms with Crippen molar-refractivity contribution in [3.05, 3.63) is 88.3 Å². The minimum Gasteiger partial charge on any atom is -0.481 e. The lowest BCUT2D eigenvalue weighted by molar-refractivity contribution is -0.138. The number of carbonyl (C=O) groups excluding carboxylic acids is 2. The standard InChI is InChI=1S/C26H25F2N3O6S2/c1-16-5-2-6-17(11-16)21(15-22(32)33)29-24(34)25-30(26(35)18-12-19(27)14-20(28)13-18)8-4-9-31(25)39(36,37)23-7-3-10-38-23/h2-3,5-7,10-14,21,25H,4,8-9,15H2,1H3,(H,29,34)(H,32,33). The Morgan fingerprint density at radius 3 is 2.41 bits per heavy atom. The number of carboxylic acids is 1. The molecule has 2 N–H and O–H groups in total. The van der Waals surface area contributed by atoms with Crippen molar-refractivity contribution in [2.45, 2.75) is 36.2 Å². The zero-order chi connectivity index (χ0) is 28.3. The minimum absolute atomic E-state index is 0.0628. The highest BCUT2D eigenvalue weighted by molar-refractivity contribution is 7.91. The van der Waals surface area contributed by atoms with Crippen molar-refractivity contribution < 1.29 is 36.7 Å². The van der Waals surface area contributed by atoms with Crippen LogP contribution in [-0.4, -0.2) is 59.8 Å². The summed E-state index contributed by atoms with van der Waals surface area (Å²) in [6.45, 7) is 1.59. The number of nitrogens with zero attached hydrogens (tertiary/aromatic N) is 2. The van der Waals surface area contributed by atoms with E-state index in [4.69, 9.17) is 0 Å². The fourth-order valence-corrected chi connectivity index (χ4v) is 7.17. The maximum atomic E-state index is 13.9. The van der Waals surface area contributed by atoms with Crippen molar-refractivity contribution in [1.29, 1.82) is 0 Å². The summed E-state index contributed by atoms with van der Waals surface area (Å²) in [6, 6.07) is 10.8. The van der Waals surface area contributed by atoms with Gasteiger partial charge in [-0.3, -0.25) is 14.4 Å². The summed E-state index contributed by atoms with van der Waals surface area (Å²) >= 11 is 0.926. The number of rotatable bonds is 8. The van der Waals surface area contributed by atoms with Crippen LogP contribution in [0, 0.1) is 18.6 Å². The molecule has 2 amide bonds. The molecule has 3 aromatic rings. The second-order valence-electron chi connectivity index (χ2n) is 9.00. The number of aryl methyl sites for hydroxylation is 1. The van der Waals surface area contributed by atoms with Crippen LogP contribution in [0.1, 0.15) is 40.4 Å². The van der Waals surface area contributed by atoms with E-state index in [0.29, 0.717) is 11.6 Å². The molecular weight excluding hydrogens is 552 g/mol. The third kappa shape index (κ3) is 6.32. The molecular formula is C26H25F2N3O6S2. The van der Waals surface area contributed by atoms with Gasteiger partial charge in [0.25, 0.3) is 21.8 Å². The fourth-order valence-electron chi connectivity index (χ4n) is 4.46. The predicted molar refractivity (Wildman–Crippen MR) is 138 cm³/mol. The molecule has 2 heterocycles. The van der Waals surface area contributed by atoms with Gasteiger partial charge in [0, 0.05) is 24.7 Å². The van der Waals surface area contributed by atoms with Crippen LogP contribution < -0.4 is 5.32 Å². The topological polar surface area (TPSA) is 124 Å². The van der Waals surface area contributed by atoms with Gasteiger partial charge in [0.15, 0.2) is 6.17 Å². The Labute approximate surface area is 227 Å². The normalized spacial score (nSPS) is 17.0. The summed E-state index contributed by atoms with van der Waals surface area (Å²) < 4.78 is 55.8. The minimum atomic E-state index is -4.28. The number of halogens is 2. The Balaban J connectivity index is 1.76. The van der Waals surface area contributed by atoms with Crippen LogP contribution in [0.2, 0.25) is 0 Å². The summed E-state index contributed by atoms with van der Waals surface area (Å²) in [4.78, 5) is 39.8. The summed E-state index contributed by atoms with van der Waals surface area (Å²) in [5, 5.41) is 13.6. The van der Waals surface area contributed by atoms with Gasteiger partial charge in [-0.25, -0.2) is 17.2 Å². The molecule has 0 spiro atoms.